The molecule has 0 unspecified atom stereocenters. The Hall–Kier alpha value is -0.870. The van der Waals surface area contributed by atoms with E-state index in [0.717, 1.165) is 12.1 Å². The molecule has 1 saturated carbocycles. The molecule has 1 aliphatic rings. The fourth-order valence-corrected chi connectivity index (χ4v) is 3.21. The minimum atomic E-state index is -2.95. The Morgan fingerprint density at radius 2 is 1.88 bits per heavy atom. The van der Waals surface area contributed by atoms with Gasteiger partial charge in [-0.1, -0.05) is 30.3 Å². The number of sulfone groups is 1. The molecule has 0 atom stereocenters. The van der Waals surface area contributed by atoms with E-state index in [1.54, 1.807) is 0 Å². The lowest BCUT2D eigenvalue weighted by Gasteiger charge is -2.05. The Labute approximate surface area is 103 Å². The van der Waals surface area contributed by atoms with Crippen LogP contribution in [-0.4, -0.2) is 26.8 Å². The lowest BCUT2D eigenvalue weighted by atomic mass is 10.2. The van der Waals surface area contributed by atoms with E-state index in [0.29, 0.717) is 12.5 Å². The van der Waals surface area contributed by atoms with Crippen molar-refractivity contribution in [3.8, 4) is 0 Å². The van der Waals surface area contributed by atoms with Crippen LogP contribution in [0.4, 0.5) is 0 Å². The van der Waals surface area contributed by atoms with Crippen molar-refractivity contribution in [2.45, 2.75) is 31.1 Å². The first-order valence-electron chi connectivity index (χ1n) is 6.13. The van der Waals surface area contributed by atoms with Gasteiger partial charge in [-0.3, -0.25) is 0 Å². The second kappa shape index (κ2) is 5.65. The Kier molecular flexibility index (Phi) is 4.18. The molecule has 2 rings (SSSR count). The SMILES string of the molecule is O=S(=O)(CCCNC1CC1)Cc1ccccc1. The van der Waals surface area contributed by atoms with Gasteiger partial charge < -0.3 is 5.32 Å². The molecule has 3 nitrogen and oxygen atoms in total. The predicted octanol–water partition coefficient (Wildman–Crippen LogP) is 1.74. The smallest absolute Gasteiger partial charge is 0.154 e. The first-order valence-corrected chi connectivity index (χ1v) is 7.96. The zero-order valence-corrected chi connectivity index (χ0v) is 10.7. The first kappa shape index (κ1) is 12.6. The molecule has 17 heavy (non-hydrogen) atoms. The Morgan fingerprint density at radius 1 is 1.18 bits per heavy atom. The van der Waals surface area contributed by atoms with Gasteiger partial charge in [0.2, 0.25) is 0 Å². The summed E-state index contributed by atoms with van der Waals surface area (Å²) in [6.45, 7) is 0.818. The van der Waals surface area contributed by atoms with Gasteiger partial charge in [0.15, 0.2) is 9.84 Å². The van der Waals surface area contributed by atoms with Crippen LogP contribution in [0.25, 0.3) is 0 Å². The van der Waals surface area contributed by atoms with Crippen molar-refractivity contribution in [3.63, 3.8) is 0 Å². The predicted molar refractivity (Wildman–Crippen MR) is 69.6 cm³/mol. The molecule has 0 aromatic heterocycles. The number of benzene rings is 1. The lowest BCUT2D eigenvalue weighted by Crippen LogP contribution is -2.20. The normalized spacial score (nSPS) is 16.0. The van der Waals surface area contributed by atoms with E-state index in [1.165, 1.54) is 12.8 Å². The van der Waals surface area contributed by atoms with Crippen molar-refractivity contribution in [2.24, 2.45) is 0 Å². The zero-order chi connectivity index (χ0) is 12.1. The minimum Gasteiger partial charge on any atom is -0.314 e. The lowest BCUT2D eigenvalue weighted by molar-refractivity contribution is 0.587. The van der Waals surface area contributed by atoms with E-state index in [9.17, 15) is 8.42 Å². The second-order valence-corrected chi connectivity index (χ2v) is 6.84. The van der Waals surface area contributed by atoms with Crippen LogP contribution >= 0.6 is 0 Å². The van der Waals surface area contributed by atoms with Gasteiger partial charge in [-0.15, -0.1) is 0 Å². The molecule has 1 fully saturated rings. The highest BCUT2D eigenvalue weighted by atomic mass is 32.2. The fraction of sp³-hybridized carbons (Fsp3) is 0.538. The third kappa shape index (κ3) is 4.88. The maximum Gasteiger partial charge on any atom is 0.154 e. The van der Waals surface area contributed by atoms with Crippen molar-refractivity contribution in [2.75, 3.05) is 12.3 Å². The van der Waals surface area contributed by atoms with Crippen LogP contribution in [0.3, 0.4) is 0 Å². The zero-order valence-electron chi connectivity index (χ0n) is 9.93. The van der Waals surface area contributed by atoms with Crippen LogP contribution in [-0.2, 0) is 15.6 Å². The molecule has 0 amide bonds. The average molecular weight is 253 g/mol. The highest BCUT2D eigenvalue weighted by Gasteiger charge is 2.20. The largest absolute Gasteiger partial charge is 0.314 e. The van der Waals surface area contributed by atoms with Gasteiger partial charge in [0.1, 0.15) is 0 Å². The molecule has 94 valence electrons. The van der Waals surface area contributed by atoms with E-state index in [1.807, 2.05) is 30.3 Å². The van der Waals surface area contributed by atoms with Gasteiger partial charge in [0.05, 0.1) is 11.5 Å². The molecule has 0 aliphatic heterocycles. The molecule has 0 spiro atoms. The van der Waals surface area contributed by atoms with E-state index in [4.69, 9.17) is 0 Å². The second-order valence-electron chi connectivity index (χ2n) is 4.66. The van der Waals surface area contributed by atoms with Crippen LogP contribution in [0.15, 0.2) is 30.3 Å². The van der Waals surface area contributed by atoms with E-state index >= 15 is 0 Å². The summed E-state index contributed by atoms with van der Waals surface area (Å²) in [4.78, 5) is 0. The van der Waals surface area contributed by atoms with E-state index in [-0.39, 0.29) is 11.5 Å². The van der Waals surface area contributed by atoms with Crippen LogP contribution in [0.5, 0.6) is 0 Å². The third-order valence-electron chi connectivity index (χ3n) is 2.87. The van der Waals surface area contributed by atoms with Gasteiger partial charge in [-0.2, -0.15) is 0 Å². The molecule has 0 radical (unpaired) electrons. The third-order valence-corrected chi connectivity index (χ3v) is 4.56. The summed E-state index contributed by atoms with van der Waals surface area (Å²) < 4.78 is 23.7. The monoisotopic (exact) mass is 253 g/mol. The molecular formula is C13H19NO2S. The average Bonchev–Trinajstić information content (AvgIpc) is 3.09. The first-order chi connectivity index (χ1) is 8.16. The molecule has 0 heterocycles. The number of hydrogen-bond donors (Lipinski definition) is 1. The summed E-state index contributed by atoms with van der Waals surface area (Å²) in [5, 5.41) is 3.33. The van der Waals surface area contributed by atoms with Gasteiger partial charge >= 0.3 is 0 Å². The van der Waals surface area contributed by atoms with Gasteiger partial charge in [0.25, 0.3) is 0 Å². The maximum absolute atomic E-state index is 11.8. The van der Waals surface area contributed by atoms with Crippen molar-refractivity contribution in [1.29, 1.82) is 0 Å². The van der Waals surface area contributed by atoms with Crippen molar-refractivity contribution < 1.29 is 8.42 Å². The van der Waals surface area contributed by atoms with E-state index in [2.05, 4.69) is 5.32 Å². The molecule has 0 bridgehead atoms. The topological polar surface area (TPSA) is 46.2 Å². The molecule has 0 saturated heterocycles. The maximum atomic E-state index is 11.8. The van der Waals surface area contributed by atoms with Crippen molar-refractivity contribution >= 4 is 9.84 Å². The summed E-state index contributed by atoms with van der Waals surface area (Å²) in [5.41, 5.74) is 0.877. The highest BCUT2D eigenvalue weighted by Crippen LogP contribution is 2.18. The van der Waals surface area contributed by atoms with Crippen molar-refractivity contribution in [1.82, 2.24) is 5.32 Å². The van der Waals surface area contributed by atoms with Crippen LogP contribution in [0, 0.1) is 0 Å². The van der Waals surface area contributed by atoms with Crippen LogP contribution in [0.1, 0.15) is 24.8 Å². The van der Waals surface area contributed by atoms with Gasteiger partial charge in [-0.25, -0.2) is 8.42 Å². The number of hydrogen-bond acceptors (Lipinski definition) is 3. The number of rotatable bonds is 7. The van der Waals surface area contributed by atoms with Gasteiger partial charge in [0, 0.05) is 6.04 Å². The molecule has 1 aromatic carbocycles. The van der Waals surface area contributed by atoms with Crippen molar-refractivity contribution in [3.05, 3.63) is 35.9 Å². The standard InChI is InChI=1S/C13H19NO2S/c15-17(16,10-4-9-14-13-7-8-13)11-12-5-2-1-3-6-12/h1-3,5-6,13-14H,4,7-11H2. The summed E-state index contributed by atoms with van der Waals surface area (Å²) in [6, 6.07) is 10.0. The summed E-state index contributed by atoms with van der Waals surface area (Å²) in [5.74, 6) is 0.443. The van der Waals surface area contributed by atoms with Crippen LogP contribution < -0.4 is 5.32 Å². The molecule has 1 N–H and O–H groups in total. The number of nitrogens with one attached hydrogen (secondary N) is 1. The molecule has 4 heteroatoms. The Morgan fingerprint density at radius 3 is 2.53 bits per heavy atom. The quantitative estimate of drug-likeness (QED) is 0.753. The molecule has 1 aliphatic carbocycles. The summed E-state index contributed by atoms with van der Waals surface area (Å²) in [6.07, 6.45) is 3.21. The fourth-order valence-electron chi connectivity index (χ4n) is 1.79. The minimum absolute atomic E-state index is 0.164. The van der Waals surface area contributed by atoms with E-state index < -0.39 is 9.84 Å². The van der Waals surface area contributed by atoms with Crippen LogP contribution in [0.2, 0.25) is 0 Å². The summed E-state index contributed by atoms with van der Waals surface area (Å²) in [7, 11) is -2.95. The molecule has 1 aromatic rings. The highest BCUT2D eigenvalue weighted by molar-refractivity contribution is 7.90. The summed E-state index contributed by atoms with van der Waals surface area (Å²) >= 11 is 0. The Bertz CT molecular complexity index is 438. The van der Waals surface area contributed by atoms with Gasteiger partial charge in [-0.05, 0) is 31.4 Å². The Balaban J connectivity index is 1.73. The molecular weight excluding hydrogens is 234 g/mol.